The van der Waals surface area contributed by atoms with E-state index in [-0.39, 0.29) is 5.91 Å². The van der Waals surface area contributed by atoms with Gasteiger partial charge in [0.1, 0.15) is 11.6 Å². The van der Waals surface area contributed by atoms with Crippen LogP contribution in [0, 0.1) is 6.92 Å². The number of amides is 1. The van der Waals surface area contributed by atoms with Crippen LogP contribution in [0.15, 0.2) is 72.9 Å². The monoisotopic (exact) mass is 332 g/mol. The molecule has 0 N–H and O–H groups in total. The Bertz CT molecular complexity index is 828. The van der Waals surface area contributed by atoms with Crippen molar-refractivity contribution in [2.45, 2.75) is 13.5 Å². The second-order valence-corrected chi connectivity index (χ2v) is 5.79. The van der Waals surface area contributed by atoms with Gasteiger partial charge in [0.15, 0.2) is 0 Å². The predicted octanol–water partition coefficient (Wildman–Crippen LogP) is 4.25. The van der Waals surface area contributed by atoms with Gasteiger partial charge in [0.05, 0.1) is 13.7 Å². The molecule has 1 heterocycles. The van der Waals surface area contributed by atoms with Crippen LogP contribution in [-0.4, -0.2) is 18.0 Å². The Morgan fingerprint density at radius 1 is 1.00 bits per heavy atom. The summed E-state index contributed by atoms with van der Waals surface area (Å²) in [7, 11) is 1.61. The van der Waals surface area contributed by atoms with Gasteiger partial charge in [-0.25, -0.2) is 4.98 Å². The number of carbonyl (C=O) groups is 1. The summed E-state index contributed by atoms with van der Waals surface area (Å²) in [5.74, 6) is 1.25. The third-order valence-electron chi connectivity index (χ3n) is 3.97. The lowest BCUT2D eigenvalue weighted by Gasteiger charge is -2.22. The summed E-state index contributed by atoms with van der Waals surface area (Å²) in [5.41, 5.74) is 2.84. The van der Waals surface area contributed by atoms with Crippen molar-refractivity contribution < 1.29 is 9.53 Å². The van der Waals surface area contributed by atoms with Gasteiger partial charge in [-0.05, 0) is 48.9 Å². The maximum Gasteiger partial charge on any atom is 0.259 e. The maximum atomic E-state index is 13.1. The molecule has 0 spiro atoms. The molecule has 1 amide bonds. The largest absolute Gasteiger partial charge is 0.497 e. The lowest BCUT2D eigenvalue weighted by atomic mass is 10.1. The summed E-state index contributed by atoms with van der Waals surface area (Å²) in [6, 6.07) is 20.8. The smallest absolute Gasteiger partial charge is 0.259 e. The lowest BCUT2D eigenvalue weighted by Crippen LogP contribution is -2.31. The van der Waals surface area contributed by atoms with Gasteiger partial charge in [-0.2, -0.15) is 0 Å². The minimum atomic E-state index is -0.0954. The Morgan fingerprint density at radius 2 is 1.72 bits per heavy atom. The molecule has 0 unspecified atom stereocenters. The summed E-state index contributed by atoms with van der Waals surface area (Å²) < 4.78 is 5.16. The number of hydrogen-bond donors (Lipinski definition) is 0. The topological polar surface area (TPSA) is 42.4 Å². The second-order valence-electron chi connectivity index (χ2n) is 5.79. The molecule has 0 bridgehead atoms. The standard InChI is InChI=1S/C21H20N2O2/c1-16-6-8-17(9-7-16)15-23(20-5-3-4-14-22-20)21(24)18-10-12-19(25-2)13-11-18/h3-14H,15H2,1-2H3. The first kappa shape index (κ1) is 16.7. The molecule has 25 heavy (non-hydrogen) atoms. The number of aryl methyl sites for hydroxylation is 1. The van der Waals surface area contributed by atoms with Gasteiger partial charge in [-0.15, -0.1) is 0 Å². The zero-order valence-electron chi connectivity index (χ0n) is 14.3. The van der Waals surface area contributed by atoms with Crippen molar-refractivity contribution in [1.29, 1.82) is 0 Å². The van der Waals surface area contributed by atoms with Gasteiger partial charge in [0.25, 0.3) is 5.91 Å². The average Bonchev–Trinajstić information content (AvgIpc) is 2.68. The van der Waals surface area contributed by atoms with Gasteiger partial charge < -0.3 is 4.74 Å². The van der Waals surface area contributed by atoms with Crippen LogP contribution >= 0.6 is 0 Å². The molecule has 0 saturated carbocycles. The van der Waals surface area contributed by atoms with E-state index in [4.69, 9.17) is 4.74 Å². The lowest BCUT2D eigenvalue weighted by molar-refractivity contribution is 0.0984. The number of benzene rings is 2. The van der Waals surface area contributed by atoms with Crippen molar-refractivity contribution in [3.8, 4) is 5.75 Å². The molecule has 3 aromatic rings. The molecule has 1 aromatic heterocycles. The molecule has 0 aliphatic rings. The van der Waals surface area contributed by atoms with Gasteiger partial charge in [-0.1, -0.05) is 35.9 Å². The van der Waals surface area contributed by atoms with Crippen LogP contribution in [0.2, 0.25) is 0 Å². The summed E-state index contributed by atoms with van der Waals surface area (Å²) in [6.07, 6.45) is 1.69. The Kier molecular flexibility index (Phi) is 5.09. The van der Waals surface area contributed by atoms with Crippen molar-refractivity contribution in [3.63, 3.8) is 0 Å². The Morgan fingerprint density at radius 3 is 2.32 bits per heavy atom. The van der Waals surface area contributed by atoms with Crippen molar-refractivity contribution in [2.24, 2.45) is 0 Å². The fourth-order valence-electron chi connectivity index (χ4n) is 2.54. The number of anilines is 1. The van der Waals surface area contributed by atoms with E-state index in [0.29, 0.717) is 17.9 Å². The van der Waals surface area contributed by atoms with Crippen LogP contribution in [0.25, 0.3) is 0 Å². The van der Waals surface area contributed by atoms with Crippen molar-refractivity contribution in [3.05, 3.63) is 89.6 Å². The SMILES string of the molecule is COc1ccc(C(=O)N(Cc2ccc(C)cc2)c2ccccn2)cc1. The van der Waals surface area contributed by atoms with Crippen molar-refractivity contribution in [1.82, 2.24) is 4.98 Å². The quantitative estimate of drug-likeness (QED) is 0.701. The highest BCUT2D eigenvalue weighted by atomic mass is 16.5. The first-order chi connectivity index (χ1) is 12.2. The normalized spacial score (nSPS) is 10.3. The number of carbonyl (C=O) groups excluding carboxylic acids is 1. The van der Waals surface area contributed by atoms with E-state index < -0.39 is 0 Å². The van der Waals surface area contributed by atoms with Crippen LogP contribution in [0.4, 0.5) is 5.82 Å². The minimum Gasteiger partial charge on any atom is -0.497 e. The number of methoxy groups -OCH3 is 1. The van der Waals surface area contributed by atoms with Gasteiger partial charge in [-0.3, -0.25) is 9.69 Å². The van der Waals surface area contributed by atoms with Crippen LogP contribution in [0.1, 0.15) is 21.5 Å². The fraction of sp³-hybridized carbons (Fsp3) is 0.143. The number of rotatable bonds is 5. The van der Waals surface area contributed by atoms with E-state index in [1.807, 2.05) is 49.4 Å². The Hall–Kier alpha value is -3.14. The van der Waals surface area contributed by atoms with Crippen LogP contribution in [0.3, 0.4) is 0 Å². The van der Waals surface area contributed by atoms with E-state index in [1.165, 1.54) is 5.56 Å². The average molecular weight is 332 g/mol. The second kappa shape index (κ2) is 7.62. The third-order valence-corrected chi connectivity index (χ3v) is 3.97. The maximum absolute atomic E-state index is 13.1. The Labute approximate surface area is 147 Å². The molecular weight excluding hydrogens is 312 g/mol. The van der Waals surface area contributed by atoms with E-state index in [9.17, 15) is 4.79 Å². The van der Waals surface area contributed by atoms with Crippen molar-refractivity contribution in [2.75, 3.05) is 12.0 Å². The van der Waals surface area contributed by atoms with E-state index in [2.05, 4.69) is 4.98 Å². The molecule has 4 heteroatoms. The van der Waals surface area contributed by atoms with Gasteiger partial charge in [0, 0.05) is 11.8 Å². The number of nitrogens with zero attached hydrogens (tertiary/aromatic N) is 2. The molecule has 4 nitrogen and oxygen atoms in total. The molecular formula is C21H20N2O2. The molecule has 126 valence electrons. The molecule has 2 aromatic carbocycles. The summed E-state index contributed by atoms with van der Waals surface area (Å²) in [5, 5.41) is 0. The first-order valence-corrected chi connectivity index (χ1v) is 8.10. The summed E-state index contributed by atoms with van der Waals surface area (Å²) in [4.78, 5) is 19.1. The molecule has 3 rings (SSSR count). The van der Waals surface area contributed by atoms with Gasteiger partial charge in [0.2, 0.25) is 0 Å². The van der Waals surface area contributed by atoms with E-state index >= 15 is 0 Å². The molecule has 0 saturated heterocycles. The molecule has 0 aliphatic heterocycles. The van der Waals surface area contributed by atoms with Crippen LogP contribution in [0.5, 0.6) is 5.75 Å². The zero-order valence-corrected chi connectivity index (χ0v) is 14.3. The van der Waals surface area contributed by atoms with E-state index in [1.54, 1.807) is 42.5 Å². The molecule has 0 radical (unpaired) electrons. The zero-order chi connectivity index (χ0) is 17.6. The molecule has 0 aliphatic carbocycles. The van der Waals surface area contributed by atoms with Crippen LogP contribution < -0.4 is 9.64 Å². The fourth-order valence-corrected chi connectivity index (χ4v) is 2.54. The van der Waals surface area contributed by atoms with E-state index in [0.717, 1.165) is 11.3 Å². The summed E-state index contributed by atoms with van der Waals surface area (Å²) >= 11 is 0. The highest BCUT2D eigenvalue weighted by Gasteiger charge is 2.19. The van der Waals surface area contributed by atoms with Crippen molar-refractivity contribution >= 4 is 11.7 Å². The highest BCUT2D eigenvalue weighted by Crippen LogP contribution is 2.20. The molecule has 0 atom stereocenters. The number of hydrogen-bond acceptors (Lipinski definition) is 3. The first-order valence-electron chi connectivity index (χ1n) is 8.10. The number of ether oxygens (including phenoxy) is 1. The highest BCUT2D eigenvalue weighted by molar-refractivity contribution is 6.05. The minimum absolute atomic E-state index is 0.0954. The predicted molar refractivity (Wildman–Crippen MR) is 98.9 cm³/mol. The Balaban J connectivity index is 1.92. The van der Waals surface area contributed by atoms with Crippen LogP contribution in [-0.2, 0) is 6.54 Å². The molecule has 0 fully saturated rings. The number of aromatic nitrogens is 1. The third kappa shape index (κ3) is 4.04. The number of pyridine rings is 1. The summed E-state index contributed by atoms with van der Waals surface area (Å²) in [6.45, 7) is 2.50. The van der Waals surface area contributed by atoms with Gasteiger partial charge >= 0.3 is 0 Å².